The summed E-state index contributed by atoms with van der Waals surface area (Å²) in [7, 11) is 1.56. The number of carbonyl (C=O) groups is 1. The third-order valence-corrected chi connectivity index (χ3v) is 2.81. The molecule has 4 heteroatoms. The second kappa shape index (κ2) is 6.61. The van der Waals surface area contributed by atoms with Crippen molar-refractivity contribution in [2.75, 3.05) is 12.4 Å². The molecular formula is C16H17NO3. The van der Waals surface area contributed by atoms with Gasteiger partial charge in [0.25, 0.3) is 0 Å². The highest BCUT2D eigenvalue weighted by atomic mass is 16.5. The highest BCUT2D eigenvalue weighted by molar-refractivity contribution is 5.86. The number of anilines is 1. The van der Waals surface area contributed by atoms with E-state index in [1.54, 1.807) is 13.2 Å². The Hall–Kier alpha value is -2.49. The summed E-state index contributed by atoms with van der Waals surface area (Å²) in [5.74, 6) is 0.613. The molecule has 2 aromatic rings. The van der Waals surface area contributed by atoms with Crippen LogP contribution in [0.4, 0.5) is 10.5 Å². The summed E-state index contributed by atoms with van der Waals surface area (Å²) in [4.78, 5) is 11.7. The van der Waals surface area contributed by atoms with Crippen LogP contribution in [0.15, 0.2) is 48.5 Å². The molecule has 4 nitrogen and oxygen atoms in total. The highest BCUT2D eigenvalue weighted by Crippen LogP contribution is 2.25. The molecule has 0 heterocycles. The van der Waals surface area contributed by atoms with Crippen LogP contribution in [0.1, 0.15) is 11.1 Å². The maximum absolute atomic E-state index is 11.7. The molecule has 0 saturated heterocycles. The van der Waals surface area contributed by atoms with Crippen molar-refractivity contribution in [2.45, 2.75) is 13.5 Å². The number of carbonyl (C=O) groups excluding carboxylic acids is 1. The molecule has 0 unspecified atom stereocenters. The van der Waals surface area contributed by atoms with Crippen LogP contribution in [0.2, 0.25) is 0 Å². The van der Waals surface area contributed by atoms with E-state index in [2.05, 4.69) is 5.32 Å². The van der Waals surface area contributed by atoms with Crippen molar-refractivity contribution in [3.8, 4) is 5.75 Å². The van der Waals surface area contributed by atoms with Crippen LogP contribution in [0, 0.1) is 6.92 Å². The van der Waals surface area contributed by atoms with Crippen LogP contribution in [-0.2, 0) is 11.3 Å². The van der Waals surface area contributed by atoms with Gasteiger partial charge >= 0.3 is 6.09 Å². The predicted octanol–water partition coefficient (Wildman–Crippen LogP) is 3.75. The first-order valence-corrected chi connectivity index (χ1v) is 6.31. The van der Waals surface area contributed by atoms with E-state index in [0.717, 1.165) is 11.1 Å². The van der Waals surface area contributed by atoms with Crippen LogP contribution in [0.5, 0.6) is 5.75 Å². The van der Waals surface area contributed by atoms with E-state index < -0.39 is 6.09 Å². The van der Waals surface area contributed by atoms with Gasteiger partial charge in [0, 0.05) is 0 Å². The summed E-state index contributed by atoms with van der Waals surface area (Å²) in [6.07, 6.45) is -0.504. The molecule has 0 saturated carbocycles. The summed E-state index contributed by atoms with van der Waals surface area (Å²) in [5, 5.41) is 2.67. The first-order valence-electron chi connectivity index (χ1n) is 6.31. The molecule has 0 aliphatic heterocycles. The number of methoxy groups -OCH3 is 1. The van der Waals surface area contributed by atoms with Gasteiger partial charge in [0.1, 0.15) is 12.4 Å². The zero-order valence-electron chi connectivity index (χ0n) is 11.6. The van der Waals surface area contributed by atoms with Crippen LogP contribution in [-0.4, -0.2) is 13.2 Å². The van der Waals surface area contributed by atoms with Crippen molar-refractivity contribution in [2.24, 2.45) is 0 Å². The molecule has 104 valence electrons. The minimum atomic E-state index is -0.504. The molecule has 1 amide bonds. The predicted molar refractivity (Wildman–Crippen MR) is 78.0 cm³/mol. The van der Waals surface area contributed by atoms with Gasteiger partial charge in [0.15, 0.2) is 0 Å². The molecule has 1 N–H and O–H groups in total. The summed E-state index contributed by atoms with van der Waals surface area (Å²) < 4.78 is 10.4. The number of aryl methyl sites for hydroxylation is 1. The second-order valence-electron chi connectivity index (χ2n) is 4.39. The summed E-state index contributed by atoms with van der Waals surface area (Å²) >= 11 is 0. The standard InChI is InChI=1S/C16H17NO3/c1-12-8-9-14(15(10-12)19-2)17-16(18)20-11-13-6-4-3-5-7-13/h3-10H,11H2,1-2H3,(H,17,18). The zero-order valence-corrected chi connectivity index (χ0v) is 11.6. The molecule has 0 aromatic heterocycles. The largest absolute Gasteiger partial charge is 0.495 e. The maximum atomic E-state index is 11.7. The monoisotopic (exact) mass is 271 g/mol. The number of nitrogens with one attached hydrogen (secondary N) is 1. The Morgan fingerprint density at radius 1 is 1.15 bits per heavy atom. The zero-order chi connectivity index (χ0) is 14.4. The SMILES string of the molecule is COc1cc(C)ccc1NC(=O)OCc1ccccc1. The van der Waals surface area contributed by atoms with Gasteiger partial charge in [-0.2, -0.15) is 0 Å². The Balaban J connectivity index is 1.95. The molecular weight excluding hydrogens is 254 g/mol. The van der Waals surface area contributed by atoms with Gasteiger partial charge in [-0.25, -0.2) is 4.79 Å². The number of hydrogen-bond acceptors (Lipinski definition) is 3. The minimum absolute atomic E-state index is 0.237. The second-order valence-corrected chi connectivity index (χ2v) is 4.39. The highest BCUT2D eigenvalue weighted by Gasteiger charge is 2.08. The summed E-state index contributed by atoms with van der Waals surface area (Å²) in [6, 6.07) is 15.1. The van der Waals surface area contributed by atoms with Crippen LogP contribution >= 0.6 is 0 Å². The van der Waals surface area contributed by atoms with Gasteiger partial charge in [0.05, 0.1) is 12.8 Å². The Morgan fingerprint density at radius 3 is 2.60 bits per heavy atom. The Kier molecular flexibility index (Phi) is 4.60. The smallest absolute Gasteiger partial charge is 0.412 e. The van der Waals surface area contributed by atoms with Crippen molar-refractivity contribution in [1.82, 2.24) is 0 Å². The molecule has 0 aliphatic rings. The van der Waals surface area contributed by atoms with Crippen LogP contribution in [0.25, 0.3) is 0 Å². The minimum Gasteiger partial charge on any atom is -0.495 e. The van der Waals surface area contributed by atoms with Crippen molar-refractivity contribution >= 4 is 11.8 Å². The number of amides is 1. The van der Waals surface area contributed by atoms with Gasteiger partial charge < -0.3 is 9.47 Å². The average Bonchev–Trinajstić information content (AvgIpc) is 2.48. The van der Waals surface area contributed by atoms with Crippen molar-refractivity contribution in [3.05, 3.63) is 59.7 Å². The number of rotatable bonds is 4. The van der Waals surface area contributed by atoms with E-state index in [-0.39, 0.29) is 6.61 Å². The van der Waals surface area contributed by atoms with Gasteiger partial charge in [0.2, 0.25) is 0 Å². The normalized spacial score (nSPS) is 9.90. The topological polar surface area (TPSA) is 47.6 Å². The number of hydrogen-bond donors (Lipinski definition) is 1. The lowest BCUT2D eigenvalue weighted by molar-refractivity contribution is 0.155. The fraction of sp³-hybridized carbons (Fsp3) is 0.188. The average molecular weight is 271 g/mol. The van der Waals surface area contributed by atoms with Gasteiger partial charge in [-0.1, -0.05) is 36.4 Å². The Morgan fingerprint density at radius 2 is 1.90 bits per heavy atom. The van der Waals surface area contributed by atoms with Gasteiger partial charge in [-0.15, -0.1) is 0 Å². The van der Waals surface area contributed by atoms with E-state index in [1.807, 2.05) is 49.4 Å². The van der Waals surface area contributed by atoms with Crippen molar-refractivity contribution < 1.29 is 14.3 Å². The van der Waals surface area contributed by atoms with E-state index in [4.69, 9.17) is 9.47 Å². The molecule has 0 atom stereocenters. The van der Waals surface area contributed by atoms with E-state index >= 15 is 0 Å². The third kappa shape index (κ3) is 3.75. The van der Waals surface area contributed by atoms with Crippen molar-refractivity contribution in [3.63, 3.8) is 0 Å². The van der Waals surface area contributed by atoms with Crippen LogP contribution < -0.4 is 10.1 Å². The maximum Gasteiger partial charge on any atom is 0.412 e. The first kappa shape index (κ1) is 13.9. The molecule has 0 bridgehead atoms. The molecule has 0 radical (unpaired) electrons. The lowest BCUT2D eigenvalue weighted by Crippen LogP contribution is -2.14. The summed E-state index contributed by atoms with van der Waals surface area (Å²) in [5.41, 5.74) is 2.60. The molecule has 0 fully saturated rings. The van der Waals surface area contributed by atoms with Gasteiger partial charge in [-0.3, -0.25) is 5.32 Å². The molecule has 0 aliphatic carbocycles. The third-order valence-electron chi connectivity index (χ3n) is 2.81. The van der Waals surface area contributed by atoms with Gasteiger partial charge in [-0.05, 0) is 30.2 Å². The van der Waals surface area contributed by atoms with E-state index in [9.17, 15) is 4.79 Å². The lowest BCUT2D eigenvalue weighted by atomic mass is 10.2. The Bertz CT molecular complexity index is 582. The molecule has 2 aromatic carbocycles. The number of benzene rings is 2. The Labute approximate surface area is 118 Å². The van der Waals surface area contributed by atoms with Crippen LogP contribution in [0.3, 0.4) is 0 Å². The lowest BCUT2D eigenvalue weighted by Gasteiger charge is -2.11. The molecule has 20 heavy (non-hydrogen) atoms. The molecule has 2 rings (SSSR count). The number of ether oxygens (including phenoxy) is 2. The first-order chi connectivity index (χ1) is 9.69. The molecule has 0 spiro atoms. The summed E-state index contributed by atoms with van der Waals surface area (Å²) in [6.45, 7) is 2.20. The van der Waals surface area contributed by atoms with E-state index in [0.29, 0.717) is 11.4 Å². The van der Waals surface area contributed by atoms with E-state index in [1.165, 1.54) is 0 Å². The fourth-order valence-electron chi connectivity index (χ4n) is 1.77. The fourth-order valence-corrected chi connectivity index (χ4v) is 1.77. The quantitative estimate of drug-likeness (QED) is 0.921. The van der Waals surface area contributed by atoms with Crippen molar-refractivity contribution in [1.29, 1.82) is 0 Å².